The van der Waals surface area contributed by atoms with E-state index in [0.717, 1.165) is 6.07 Å². The van der Waals surface area contributed by atoms with E-state index in [1.54, 1.807) is 34.6 Å². The third kappa shape index (κ3) is 5.91. The van der Waals surface area contributed by atoms with E-state index in [2.05, 4.69) is 10.6 Å². The number of ether oxygens (including phenoxy) is 2. The number of carbonyl (C=O) groups is 3. The van der Waals surface area contributed by atoms with Gasteiger partial charge in [0.25, 0.3) is 0 Å². The van der Waals surface area contributed by atoms with Crippen LogP contribution in [0, 0.1) is 5.82 Å². The summed E-state index contributed by atoms with van der Waals surface area (Å²) in [6.07, 6.45) is -0.508. The quantitative estimate of drug-likeness (QED) is 0.555. The summed E-state index contributed by atoms with van der Waals surface area (Å²) in [6.45, 7) is 9.38. The molecular weight excluding hydrogens is 393 g/mol. The molecule has 1 heterocycles. The number of benzene rings is 1. The molecule has 0 bridgehead atoms. The van der Waals surface area contributed by atoms with Crippen molar-refractivity contribution in [2.45, 2.75) is 51.8 Å². The number of ketones is 1. The molecule has 1 aromatic rings. The van der Waals surface area contributed by atoms with E-state index in [-0.39, 0.29) is 12.1 Å². The lowest BCUT2D eigenvalue weighted by Gasteiger charge is -2.34. The first-order valence-corrected chi connectivity index (χ1v) is 9.76. The van der Waals surface area contributed by atoms with Crippen molar-refractivity contribution < 1.29 is 28.2 Å². The molecule has 0 aromatic heterocycles. The maximum absolute atomic E-state index is 14.7. The minimum absolute atomic E-state index is 0.0859. The highest BCUT2D eigenvalue weighted by atomic mass is 19.1. The molecule has 1 aromatic carbocycles. The van der Waals surface area contributed by atoms with Gasteiger partial charge in [-0.05, 0) is 52.8 Å². The number of halogens is 1. The standard InChI is InChI=1S/C21H30FN3O5/c1-20(2,3)30-19(28)25-10-9-23-16(12-25)17(26)14-8-7-13(11-15(14)22)24-21(4,5)18(27)29-6/h7-8,11,16,23-24H,9-10,12H2,1-6H3. The lowest BCUT2D eigenvalue weighted by Crippen LogP contribution is -2.56. The van der Waals surface area contributed by atoms with Gasteiger partial charge in [0.05, 0.1) is 18.7 Å². The Bertz CT molecular complexity index is 819. The van der Waals surface area contributed by atoms with Crippen LogP contribution >= 0.6 is 0 Å². The SMILES string of the molecule is COC(=O)C(C)(C)Nc1ccc(C(=O)C2CN(C(=O)OC(C)(C)C)CCN2)c(F)c1. The Morgan fingerprint density at radius 3 is 2.43 bits per heavy atom. The Kier molecular flexibility index (Phi) is 7.07. The highest BCUT2D eigenvalue weighted by Gasteiger charge is 2.33. The molecule has 1 aliphatic heterocycles. The minimum atomic E-state index is -1.06. The van der Waals surface area contributed by atoms with Gasteiger partial charge < -0.3 is 25.0 Å². The van der Waals surface area contributed by atoms with Crippen LogP contribution in [0.5, 0.6) is 0 Å². The van der Waals surface area contributed by atoms with Gasteiger partial charge >= 0.3 is 12.1 Å². The maximum atomic E-state index is 14.7. The minimum Gasteiger partial charge on any atom is -0.467 e. The van der Waals surface area contributed by atoms with Crippen LogP contribution in [0.4, 0.5) is 14.9 Å². The highest BCUT2D eigenvalue weighted by Crippen LogP contribution is 2.21. The zero-order chi connectivity index (χ0) is 22.7. The van der Waals surface area contributed by atoms with Crippen LogP contribution in [0.2, 0.25) is 0 Å². The fourth-order valence-corrected chi connectivity index (χ4v) is 3.07. The molecule has 2 rings (SSSR count). The maximum Gasteiger partial charge on any atom is 0.410 e. The molecule has 1 atom stereocenters. The Hall–Kier alpha value is -2.68. The van der Waals surface area contributed by atoms with Crippen molar-refractivity contribution in [3.63, 3.8) is 0 Å². The second-order valence-electron chi connectivity index (χ2n) is 8.73. The summed E-state index contributed by atoms with van der Waals surface area (Å²) in [4.78, 5) is 38.4. The fourth-order valence-electron chi connectivity index (χ4n) is 3.07. The second kappa shape index (κ2) is 8.99. The van der Waals surface area contributed by atoms with Crippen LogP contribution in [-0.4, -0.2) is 66.7 Å². The predicted octanol–water partition coefficient (Wildman–Crippen LogP) is 2.58. The van der Waals surface area contributed by atoms with Gasteiger partial charge in [-0.15, -0.1) is 0 Å². The van der Waals surface area contributed by atoms with Gasteiger partial charge in [-0.25, -0.2) is 14.0 Å². The number of hydrogen-bond acceptors (Lipinski definition) is 7. The third-order valence-corrected chi connectivity index (χ3v) is 4.53. The first kappa shape index (κ1) is 23.6. The van der Waals surface area contributed by atoms with E-state index < -0.39 is 40.8 Å². The van der Waals surface area contributed by atoms with Crippen molar-refractivity contribution >= 4 is 23.5 Å². The predicted molar refractivity (Wildman–Crippen MR) is 110 cm³/mol. The normalized spacial score (nSPS) is 17.3. The molecule has 1 amide bonds. The summed E-state index contributed by atoms with van der Waals surface area (Å²) in [7, 11) is 1.27. The van der Waals surface area contributed by atoms with Crippen molar-refractivity contribution in [3.05, 3.63) is 29.6 Å². The fraction of sp³-hybridized carbons (Fsp3) is 0.571. The first-order chi connectivity index (χ1) is 13.8. The van der Waals surface area contributed by atoms with Crippen LogP contribution in [0.3, 0.4) is 0 Å². The van der Waals surface area contributed by atoms with E-state index in [9.17, 15) is 18.8 Å². The summed E-state index contributed by atoms with van der Waals surface area (Å²) in [6, 6.07) is 3.30. The first-order valence-electron chi connectivity index (χ1n) is 9.76. The summed E-state index contributed by atoms with van der Waals surface area (Å²) in [5.41, 5.74) is -1.47. The Morgan fingerprint density at radius 2 is 1.87 bits per heavy atom. The molecular formula is C21H30FN3O5. The van der Waals surface area contributed by atoms with Crippen molar-refractivity contribution in [2.24, 2.45) is 0 Å². The van der Waals surface area contributed by atoms with Crippen molar-refractivity contribution in [1.82, 2.24) is 10.2 Å². The zero-order valence-corrected chi connectivity index (χ0v) is 18.3. The van der Waals surface area contributed by atoms with Crippen LogP contribution in [-0.2, 0) is 14.3 Å². The van der Waals surface area contributed by atoms with E-state index in [1.807, 2.05) is 0 Å². The molecule has 1 aliphatic rings. The molecule has 1 saturated heterocycles. The molecule has 2 N–H and O–H groups in total. The summed E-state index contributed by atoms with van der Waals surface area (Å²) < 4.78 is 24.8. The number of nitrogens with zero attached hydrogens (tertiary/aromatic N) is 1. The number of amides is 1. The number of Topliss-reactive ketones (excluding diaryl/α,β-unsaturated/α-hetero) is 1. The number of methoxy groups -OCH3 is 1. The van der Waals surface area contributed by atoms with Gasteiger partial charge in [-0.1, -0.05) is 0 Å². The van der Waals surface area contributed by atoms with E-state index in [0.29, 0.717) is 18.8 Å². The third-order valence-electron chi connectivity index (χ3n) is 4.53. The average Bonchev–Trinajstić information content (AvgIpc) is 2.65. The van der Waals surface area contributed by atoms with E-state index in [1.165, 1.54) is 24.1 Å². The smallest absolute Gasteiger partial charge is 0.410 e. The van der Waals surface area contributed by atoms with Crippen LogP contribution in [0.25, 0.3) is 0 Å². The molecule has 8 nitrogen and oxygen atoms in total. The average molecular weight is 423 g/mol. The molecule has 1 unspecified atom stereocenters. The van der Waals surface area contributed by atoms with Crippen molar-refractivity contribution in [1.29, 1.82) is 0 Å². The molecule has 0 saturated carbocycles. The molecule has 1 fully saturated rings. The van der Waals surface area contributed by atoms with Gasteiger partial charge in [0.15, 0.2) is 5.78 Å². The highest BCUT2D eigenvalue weighted by molar-refractivity contribution is 6.01. The van der Waals surface area contributed by atoms with Crippen molar-refractivity contribution in [2.75, 3.05) is 32.1 Å². The zero-order valence-electron chi connectivity index (χ0n) is 18.3. The molecule has 0 aliphatic carbocycles. The van der Waals surface area contributed by atoms with Gasteiger partial charge in [-0.2, -0.15) is 0 Å². The number of anilines is 1. The van der Waals surface area contributed by atoms with Gasteiger partial charge in [-0.3, -0.25) is 4.79 Å². The second-order valence-corrected chi connectivity index (χ2v) is 8.73. The molecule has 0 radical (unpaired) electrons. The topological polar surface area (TPSA) is 97.0 Å². The number of hydrogen-bond donors (Lipinski definition) is 2. The summed E-state index contributed by atoms with van der Waals surface area (Å²) >= 11 is 0. The molecule has 0 spiro atoms. The van der Waals surface area contributed by atoms with Gasteiger partial charge in [0.1, 0.15) is 17.0 Å². The number of carbonyl (C=O) groups excluding carboxylic acids is 3. The van der Waals surface area contributed by atoms with Gasteiger partial charge in [0.2, 0.25) is 0 Å². The number of piperazine rings is 1. The Balaban J connectivity index is 2.11. The monoisotopic (exact) mass is 423 g/mol. The largest absolute Gasteiger partial charge is 0.467 e. The molecule has 30 heavy (non-hydrogen) atoms. The molecule has 166 valence electrons. The van der Waals surface area contributed by atoms with Crippen LogP contribution < -0.4 is 10.6 Å². The Morgan fingerprint density at radius 1 is 1.20 bits per heavy atom. The summed E-state index contributed by atoms with van der Waals surface area (Å²) in [5.74, 6) is -1.68. The number of esters is 1. The van der Waals surface area contributed by atoms with Crippen molar-refractivity contribution in [3.8, 4) is 0 Å². The van der Waals surface area contributed by atoms with Crippen LogP contribution in [0.15, 0.2) is 18.2 Å². The Labute approximate surface area is 176 Å². The van der Waals surface area contributed by atoms with E-state index in [4.69, 9.17) is 9.47 Å². The molecule has 9 heteroatoms. The number of nitrogens with one attached hydrogen (secondary N) is 2. The van der Waals surface area contributed by atoms with Crippen LogP contribution in [0.1, 0.15) is 45.0 Å². The lowest BCUT2D eigenvalue weighted by molar-refractivity contribution is -0.144. The lowest BCUT2D eigenvalue weighted by atomic mass is 10.0. The van der Waals surface area contributed by atoms with E-state index >= 15 is 0 Å². The van der Waals surface area contributed by atoms with Gasteiger partial charge in [0, 0.05) is 25.3 Å². The number of rotatable bonds is 5. The summed E-state index contributed by atoms with van der Waals surface area (Å²) in [5, 5.41) is 5.91.